The molecule has 0 aliphatic heterocycles. The van der Waals surface area contributed by atoms with Crippen LogP contribution in [0.15, 0.2) is 72.9 Å². The van der Waals surface area contributed by atoms with E-state index in [9.17, 15) is 14.4 Å². The number of rotatable bonds is 45. The first-order valence-corrected chi connectivity index (χ1v) is 25.4. The summed E-state index contributed by atoms with van der Waals surface area (Å²) >= 11 is 0. The van der Waals surface area contributed by atoms with Gasteiger partial charge in [0.15, 0.2) is 6.10 Å². The SMILES string of the molecule is CC/C=C\C/C=C\C/C=C\CCCC(=O)OCC(COC(=O)CCCCCCC/C=C\CCCCCCCCCCC)OC(=O)CCCCCCCCC/C=C\C/C=C\CC. The van der Waals surface area contributed by atoms with E-state index < -0.39 is 6.10 Å². The summed E-state index contributed by atoms with van der Waals surface area (Å²) in [6.07, 6.45) is 61.9. The quantitative estimate of drug-likeness (QED) is 0.0263. The summed E-state index contributed by atoms with van der Waals surface area (Å²) in [5.74, 6) is -0.972. The molecule has 0 aliphatic carbocycles. The normalized spacial score (nSPS) is 12.6. The van der Waals surface area contributed by atoms with E-state index in [0.29, 0.717) is 19.3 Å². The second-order valence-corrected chi connectivity index (χ2v) is 16.7. The molecule has 0 aromatic heterocycles. The van der Waals surface area contributed by atoms with Crippen LogP contribution in [-0.4, -0.2) is 37.2 Å². The Morgan fingerprint density at radius 1 is 0.344 bits per heavy atom. The standard InChI is InChI=1S/C55H94O6/c1-4-7-10-13-16-19-22-24-26-27-28-29-31-33-36-39-42-45-48-54(57)60-51-52(50-59-53(56)47-44-41-38-35-32-21-18-15-12-9-6-3)61-55(58)49-46-43-40-37-34-30-25-23-20-17-14-11-8-5-2/h8-9,11-12,17-18,20-21,28-29,35,38,52H,4-7,10,13-16,19,22-27,30-34,36-37,39-51H2,1-3H3/b11-8-,12-9-,20-17-,21-18-,29-28-,38-35-. The average molecular weight is 851 g/mol. The molecule has 0 fully saturated rings. The number of ether oxygens (including phenoxy) is 3. The first kappa shape index (κ1) is 57.9. The topological polar surface area (TPSA) is 78.9 Å². The van der Waals surface area contributed by atoms with Crippen molar-refractivity contribution in [3.05, 3.63) is 72.9 Å². The third-order valence-electron chi connectivity index (χ3n) is 10.7. The predicted octanol–water partition coefficient (Wildman–Crippen LogP) is 16.6. The van der Waals surface area contributed by atoms with Gasteiger partial charge in [-0.2, -0.15) is 0 Å². The fourth-order valence-corrected chi connectivity index (χ4v) is 6.91. The second-order valence-electron chi connectivity index (χ2n) is 16.7. The van der Waals surface area contributed by atoms with Gasteiger partial charge in [-0.3, -0.25) is 14.4 Å². The molecule has 0 amide bonds. The maximum absolute atomic E-state index is 12.8. The zero-order valence-corrected chi connectivity index (χ0v) is 39.9. The highest BCUT2D eigenvalue weighted by Crippen LogP contribution is 2.14. The lowest BCUT2D eigenvalue weighted by Crippen LogP contribution is -2.30. The van der Waals surface area contributed by atoms with E-state index in [1.54, 1.807) is 0 Å². The highest BCUT2D eigenvalue weighted by molar-refractivity contribution is 5.71. The zero-order chi connectivity index (χ0) is 44.4. The van der Waals surface area contributed by atoms with Gasteiger partial charge in [0.05, 0.1) is 0 Å². The summed E-state index contributed by atoms with van der Waals surface area (Å²) in [5.41, 5.74) is 0. The Bertz CT molecular complexity index is 1160. The molecule has 0 aromatic rings. The summed E-state index contributed by atoms with van der Waals surface area (Å²) in [6, 6.07) is 0. The van der Waals surface area contributed by atoms with Crippen molar-refractivity contribution in [2.45, 2.75) is 245 Å². The Labute approximate surface area is 376 Å². The Balaban J connectivity index is 4.40. The Morgan fingerprint density at radius 2 is 0.656 bits per heavy atom. The zero-order valence-electron chi connectivity index (χ0n) is 39.9. The molecule has 1 unspecified atom stereocenters. The fraction of sp³-hybridized carbons (Fsp3) is 0.727. The minimum Gasteiger partial charge on any atom is -0.462 e. The first-order chi connectivity index (χ1) is 30.0. The van der Waals surface area contributed by atoms with Gasteiger partial charge in [0.25, 0.3) is 0 Å². The first-order valence-electron chi connectivity index (χ1n) is 25.4. The van der Waals surface area contributed by atoms with Crippen LogP contribution in [0.25, 0.3) is 0 Å². The van der Waals surface area contributed by atoms with Crippen LogP contribution in [0.5, 0.6) is 0 Å². The van der Waals surface area contributed by atoms with E-state index in [1.807, 2.05) is 0 Å². The molecule has 0 spiro atoms. The number of carbonyl (C=O) groups is 3. The van der Waals surface area contributed by atoms with Crippen LogP contribution in [0, 0.1) is 0 Å². The van der Waals surface area contributed by atoms with Crippen molar-refractivity contribution in [1.29, 1.82) is 0 Å². The summed E-state index contributed by atoms with van der Waals surface area (Å²) in [6.45, 7) is 6.35. The average Bonchev–Trinajstić information content (AvgIpc) is 3.26. The van der Waals surface area contributed by atoms with E-state index in [2.05, 4.69) is 93.7 Å². The summed E-state index contributed by atoms with van der Waals surface area (Å²) in [5, 5.41) is 0. The van der Waals surface area contributed by atoms with Crippen molar-refractivity contribution in [3.63, 3.8) is 0 Å². The summed E-state index contributed by atoms with van der Waals surface area (Å²) < 4.78 is 16.7. The Morgan fingerprint density at radius 3 is 1.08 bits per heavy atom. The van der Waals surface area contributed by atoms with Crippen LogP contribution < -0.4 is 0 Å². The van der Waals surface area contributed by atoms with Crippen molar-refractivity contribution >= 4 is 17.9 Å². The molecule has 0 radical (unpaired) electrons. The van der Waals surface area contributed by atoms with Crippen molar-refractivity contribution in [2.24, 2.45) is 0 Å². The van der Waals surface area contributed by atoms with E-state index in [1.165, 1.54) is 103 Å². The number of allylic oxidation sites excluding steroid dienone is 12. The molecule has 0 aliphatic rings. The molecule has 0 rings (SSSR count). The highest BCUT2D eigenvalue weighted by atomic mass is 16.6. The number of esters is 3. The van der Waals surface area contributed by atoms with E-state index >= 15 is 0 Å². The van der Waals surface area contributed by atoms with E-state index in [0.717, 1.165) is 89.9 Å². The minimum absolute atomic E-state index is 0.0989. The van der Waals surface area contributed by atoms with Crippen molar-refractivity contribution in [1.82, 2.24) is 0 Å². The van der Waals surface area contributed by atoms with Gasteiger partial charge < -0.3 is 14.2 Å². The second kappa shape index (κ2) is 49.5. The van der Waals surface area contributed by atoms with Gasteiger partial charge in [0.1, 0.15) is 13.2 Å². The molecular formula is C55H94O6. The Hall–Kier alpha value is -3.15. The molecule has 0 aromatic carbocycles. The maximum Gasteiger partial charge on any atom is 0.306 e. The van der Waals surface area contributed by atoms with Gasteiger partial charge in [0.2, 0.25) is 0 Å². The summed E-state index contributed by atoms with van der Waals surface area (Å²) in [7, 11) is 0. The molecule has 6 nitrogen and oxygen atoms in total. The van der Waals surface area contributed by atoms with Crippen molar-refractivity contribution in [2.75, 3.05) is 13.2 Å². The van der Waals surface area contributed by atoms with E-state index in [-0.39, 0.29) is 37.5 Å². The molecule has 0 N–H and O–H groups in total. The third-order valence-corrected chi connectivity index (χ3v) is 10.7. The highest BCUT2D eigenvalue weighted by Gasteiger charge is 2.19. The molecule has 1 atom stereocenters. The minimum atomic E-state index is -0.802. The molecule has 0 heterocycles. The predicted molar refractivity (Wildman–Crippen MR) is 261 cm³/mol. The molecule has 0 saturated carbocycles. The van der Waals surface area contributed by atoms with Crippen LogP contribution in [0.2, 0.25) is 0 Å². The number of carbonyl (C=O) groups excluding carboxylic acids is 3. The molecule has 0 bridgehead atoms. The number of hydrogen-bond acceptors (Lipinski definition) is 6. The van der Waals surface area contributed by atoms with Crippen molar-refractivity contribution in [3.8, 4) is 0 Å². The molecule has 350 valence electrons. The smallest absolute Gasteiger partial charge is 0.306 e. The van der Waals surface area contributed by atoms with Crippen LogP contribution in [0.1, 0.15) is 239 Å². The lowest BCUT2D eigenvalue weighted by molar-refractivity contribution is -0.167. The van der Waals surface area contributed by atoms with Gasteiger partial charge in [0, 0.05) is 19.3 Å². The van der Waals surface area contributed by atoms with Gasteiger partial charge in [-0.25, -0.2) is 0 Å². The molecular weight excluding hydrogens is 757 g/mol. The van der Waals surface area contributed by atoms with Gasteiger partial charge >= 0.3 is 17.9 Å². The van der Waals surface area contributed by atoms with Gasteiger partial charge in [-0.1, -0.05) is 196 Å². The lowest BCUT2D eigenvalue weighted by atomic mass is 10.1. The number of hydrogen-bond donors (Lipinski definition) is 0. The monoisotopic (exact) mass is 851 g/mol. The lowest BCUT2D eigenvalue weighted by Gasteiger charge is -2.18. The van der Waals surface area contributed by atoms with Gasteiger partial charge in [-0.15, -0.1) is 0 Å². The number of unbranched alkanes of at least 4 members (excludes halogenated alkanes) is 22. The maximum atomic E-state index is 12.8. The van der Waals surface area contributed by atoms with Crippen LogP contribution in [0.3, 0.4) is 0 Å². The van der Waals surface area contributed by atoms with Crippen LogP contribution in [-0.2, 0) is 28.6 Å². The fourth-order valence-electron chi connectivity index (χ4n) is 6.91. The van der Waals surface area contributed by atoms with Crippen molar-refractivity contribution < 1.29 is 28.6 Å². The Kier molecular flexibility index (Phi) is 46.9. The largest absolute Gasteiger partial charge is 0.462 e. The third kappa shape index (κ3) is 47.7. The molecule has 6 heteroatoms. The molecule has 0 saturated heterocycles. The summed E-state index contributed by atoms with van der Waals surface area (Å²) in [4.78, 5) is 37.9. The van der Waals surface area contributed by atoms with Gasteiger partial charge in [-0.05, 0) is 96.3 Å². The van der Waals surface area contributed by atoms with Crippen LogP contribution in [0.4, 0.5) is 0 Å². The van der Waals surface area contributed by atoms with Crippen LogP contribution >= 0.6 is 0 Å². The van der Waals surface area contributed by atoms with E-state index in [4.69, 9.17) is 14.2 Å². The molecule has 61 heavy (non-hydrogen) atoms.